The molecule has 0 saturated carbocycles. The Morgan fingerprint density at radius 1 is 1.07 bits per heavy atom. The molecule has 0 radical (unpaired) electrons. The van der Waals surface area contributed by atoms with Crippen LogP contribution in [0.1, 0.15) is 21.5 Å². The molecule has 0 heterocycles. The molecule has 28 heavy (non-hydrogen) atoms. The summed E-state index contributed by atoms with van der Waals surface area (Å²) < 4.78 is 36.3. The van der Waals surface area contributed by atoms with Crippen LogP contribution in [0.5, 0.6) is 5.75 Å². The first-order valence-electron chi connectivity index (χ1n) is 8.33. The smallest absolute Gasteiger partial charge is 0.338 e. The number of carbonyl (C=O) groups is 2. The van der Waals surface area contributed by atoms with Gasteiger partial charge >= 0.3 is 5.97 Å². The van der Waals surface area contributed by atoms with E-state index >= 15 is 0 Å². The second-order valence-corrected chi connectivity index (χ2v) is 7.87. The summed E-state index contributed by atoms with van der Waals surface area (Å²) in [6, 6.07) is 9.45. The molecule has 2 rings (SSSR count). The van der Waals surface area contributed by atoms with Gasteiger partial charge in [0.2, 0.25) is 10.0 Å². The molecule has 0 aliphatic rings. The first kappa shape index (κ1) is 21.4. The van der Waals surface area contributed by atoms with Gasteiger partial charge in [-0.3, -0.25) is 4.79 Å². The fraction of sp³-hybridized carbons (Fsp3) is 0.263. The van der Waals surface area contributed by atoms with E-state index in [4.69, 9.17) is 9.47 Å². The number of nitrogens with one attached hydrogen (secondary N) is 2. The van der Waals surface area contributed by atoms with Crippen LogP contribution in [0.3, 0.4) is 0 Å². The molecule has 8 nitrogen and oxygen atoms in total. The van der Waals surface area contributed by atoms with Crippen molar-refractivity contribution < 1.29 is 27.5 Å². The van der Waals surface area contributed by atoms with Crippen molar-refractivity contribution in [2.75, 3.05) is 26.1 Å². The zero-order valence-electron chi connectivity index (χ0n) is 16.0. The quantitative estimate of drug-likeness (QED) is 0.681. The van der Waals surface area contributed by atoms with Crippen LogP contribution in [-0.2, 0) is 19.6 Å². The van der Waals surface area contributed by atoms with Crippen LogP contribution in [0.15, 0.2) is 41.3 Å². The van der Waals surface area contributed by atoms with E-state index in [1.54, 1.807) is 0 Å². The number of hydrogen-bond donors (Lipinski definition) is 2. The molecular formula is C19H22N2O6S. The molecule has 1 amide bonds. The maximum absolute atomic E-state index is 12.2. The van der Waals surface area contributed by atoms with Crippen molar-refractivity contribution in [3.05, 3.63) is 53.1 Å². The van der Waals surface area contributed by atoms with Gasteiger partial charge in [-0.1, -0.05) is 12.1 Å². The fourth-order valence-electron chi connectivity index (χ4n) is 2.39. The predicted octanol–water partition coefficient (Wildman–Crippen LogP) is 2.02. The molecule has 0 atom stereocenters. The molecule has 2 aromatic rings. The third-order valence-electron chi connectivity index (χ3n) is 3.96. The van der Waals surface area contributed by atoms with E-state index < -0.39 is 28.5 Å². The number of anilines is 1. The summed E-state index contributed by atoms with van der Waals surface area (Å²) in [5, 5.41) is 2.68. The summed E-state index contributed by atoms with van der Waals surface area (Å²) in [5.41, 5.74) is 2.47. The van der Waals surface area contributed by atoms with Gasteiger partial charge in [0.15, 0.2) is 6.61 Å². The molecule has 0 fully saturated rings. The van der Waals surface area contributed by atoms with Gasteiger partial charge < -0.3 is 14.8 Å². The number of hydrogen-bond acceptors (Lipinski definition) is 6. The molecule has 0 aromatic heterocycles. The first-order valence-corrected chi connectivity index (χ1v) is 9.82. The third kappa shape index (κ3) is 5.08. The molecule has 150 valence electrons. The van der Waals surface area contributed by atoms with Crippen molar-refractivity contribution in [2.24, 2.45) is 0 Å². The predicted molar refractivity (Wildman–Crippen MR) is 104 cm³/mol. The largest absolute Gasteiger partial charge is 0.495 e. The average Bonchev–Trinajstić information content (AvgIpc) is 2.68. The van der Waals surface area contributed by atoms with Crippen LogP contribution in [0.2, 0.25) is 0 Å². The van der Waals surface area contributed by atoms with Crippen LogP contribution in [-0.4, -0.2) is 41.1 Å². The normalized spacial score (nSPS) is 11.0. The number of rotatable bonds is 7. The number of sulfonamides is 1. The molecular weight excluding hydrogens is 384 g/mol. The standard InChI is InChI=1S/C19H22N2O6S/c1-12-5-6-13(2)15(9-12)21-18(22)11-27-19(23)14-7-8-16(26-4)17(10-14)28(24,25)20-3/h5-10,20H,11H2,1-4H3,(H,21,22). The second-order valence-electron chi connectivity index (χ2n) is 6.02. The Kier molecular flexibility index (Phi) is 6.76. The van der Waals surface area contributed by atoms with Crippen LogP contribution in [0.25, 0.3) is 0 Å². The monoisotopic (exact) mass is 406 g/mol. The van der Waals surface area contributed by atoms with Gasteiger partial charge in [-0.05, 0) is 56.3 Å². The van der Waals surface area contributed by atoms with E-state index in [0.717, 1.165) is 17.2 Å². The second kappa shape index (κ2) is 8.85. The van der Waals surface area contributed by atoms with Crippen LogP contribution < -0.4 is 14.8 Å². The van der Waals surface area contributed by atoms with Crippen molar-refractivity contribution in [3.8, 4) is 5.75 Å². The first-order chi connectivity index (χ1) is 13.2. The molecule has 2 N–H and O–H groups in total. The van der Waals surface area contributed by atoms with Crippen LogP contribution >= 0.6 is 0 Å². The van der Waals surface area contributed by atoms with Crippen molar-refractivity contribution in [3.63, 3.8) is 0 Å². The van der Waals surface area contributed by atoms with Gasteiger partial charge in [-0.2, -0.15) is 0 Å². The minimum Gasteiger partial charge on any atom is -0.495 e. The van der Waals surface area contributed by atoms with Gasteiger partial charge in [0.25, 0.3) is 5.91 Å². The Bertz CT molecular complexity index is 1000. The maximum Gasteiger partial charge on any atom is 0.338 e. The number of amides is 1. The topological polar surface area (TPSA) is 111 Å². The summed E-state index contributed by atoms with van der Waals surface area (Å²) in [6.07, 6.45) is 0. The number of ether oxygens (including phenoxy) is 2. The fourth-order valence-corrected chi connectivity index (χ4v) is 3.31. The van der Waals surface area contributed by atoms with E-state index in [9.17, 15) is 18.0 Å². The summed E-state index contributed by atoms with van der Waals surface area (Å²) in [6.45, 7) is 3.24. The summed E-state index contributed by atoms with van der Waals surface area (Å²) in [5.74, 6) is -1.25. The highest BCUT2D eigenvalue weighted by Gasteiger charge is 2.21. The highest BCUT2D eigenvalue weighted by molar-refractivity contribution is 7.89. The van der Waals surface area contributed by atoms with Crippen molar-refractivity contribution in [1.82, 2.24) is 4.72 Å². The molecule has 0 bridgehead atoms. The summed E-state index contributed by atoms with van der Waals surface area (Å²) >= 11 is 0. The highest BCUT2D eigenvalue weighted by atomic mass is 32.2. The Morgan fingerprint density at radius 2 is 1.79 bits per heavy atom. The average molecular weight is 406 g/mol. The number of methoxy groups -OCH3 is 1. The number of benzene rings is 2. The molecule has 9 heteroatoms. The lowest BCUT2D eigenvalue weighted by atomic mass is 10.1. The van der Waals surface area contributed by atoms with E-state index in [-0.39, 0.29) is 16.2 Å². The van der Waals surface area contributed by atoms with Gasteiger partial charge in [-0.15, -0.1) is 0 Å². The zero-order chi connectivity index (χ0) is 20.9. The van der Waals surface area contributed by atoms with E-state index in [0.29, 0.717) is 5.69 Å². The summed E-state index contributed by atoms with van der Waals surface area (Å²) in [4.78, 5) is 24.1. The van der Waals surface area contributed by atoms with Crippen molar-refractivity contribution in [2.45, 2.75) is 18.7 Å². The van der Waals surface area contributed by atoms with E-state index in [1.807, 2.05) is 32.0 Å². The van der Waals surface area contributed by atoms with E-state index in [1.165, 1.54) is 26.3 Å². The van der Waals surface area contributed by atoms with Gasteiger partial charge in [0, 0.05) is 5.69 Å². The Hall–Kier alpha value is -2.91. The summed E-state index contributed by atoms with van der Waals surface area (Å²) in [7, 11) is -1.27. The molecule has 0 saturated heterocycles. The lowest BCUT2D eigenvalue weighted by Crippen LogP contribution is -2.22. The number of esters is 1. The molecule has 0 unspecified atom stereocenters. The van der Waals surface area contributed by atoms with Gasteiger partial charge in [0.05, 0.1) is 12.7 Å². The zero-order valence-corrected chi connectivity index (χ0v) is 16.8. The SMILES string of the molecule is CNS(=O)(=O)c1cc(C(=O)OCC(=O)Nc2cc(C)ccc2C)ccc1OC. The Balaban J connectivity index is 2.10. The van der Waals surface area contributed by atoms with E-state index in [2.05, 4.69) is 10.0 Å². The van der Waals surface area contributed by atoms with Gasteiger partial charge in [0.1, 0.15) is 10.6 Å². The molecule has 0 aliphatic heterocycles. The number of aryl methyl sites for hydroxylation is 2. The Morgan fingerprint density at radius 3 is 2.43 bits per heavy atom. The minimum absolute atomic E-state index is 0.0193. The Labute approximate surface area is 163 Å². The molecule has 0 aliphatic carbocycles. The van der Waals surface area contributed by atoms with Crippen LogP contribution in [0.4, 0.5) is 5.69 Å². The lowest BCUT2D eigenvalue weighted by molar-refractivity contribution is -0.119. The molecule has 0 spiro atoms. The van der Waals surface area contributed by atoms with Crippen molar-refractivity contribution in [1.29, 1.82) is 0 Å². The maximum atomic E-state index is 12.2. The minimum atomic E-state index is -3.84. The van der Waals surface area contributed by atoms with Crippen molar-refractivity contribution >= 4 is 27.6 Å². The van der Waals surface area contributed by atoms with Crippen LogP contribution in [0, 0.1) is 13.8 Å². The third-order valence-corrected chi connectivity index (χ3v) is 5.39. The highest BCUT2D eigenvalue weighted by Crippen LogP contribution is 2.25. The molecule has 2 aromatic carbocycles. The number of carbonyl (C=O) groups excluding carboxylic acids is 2. The van der Waals surface area contributed by atoms with Gasteiger partial charge in [-0.25, -0.2) is 17.9 Å². The lowest BCUT2D eigenvalue weighted by Gasteiger charge is -2.12.